The number of carbonyl (C=O) groups is 1. The van der Waals surface area contributed by atoms with E-state index in [1.54, 1.807) is 0 Å². The van der Waals surface area contributed by atoms with Crippen molar-refractivity contribution in [1.82, 2.24) is 0 Å². The summed E-state index contributed by atoms with van der Waals surface area (Å²) in [6, 6.07) is 0. The van der Waals surface area contributed by atoms with E-state index in [4.69, 9.17) is 9.84 Å². The number of rotatable bonds is 6. The molecule has 0 aromatic carbocycles. The highest BCUT2D eigenvalue weighted by molar-refractivity contribution is 5.70. The minimum atomic E-state index is -0.527. The van der Waals surface area contributed by atoms with E-state index in [0.717, 1.165) is 12.8 Å². The Kier molecular flexibility index (Phi) is 6.54. The summed E-state index contributed by atoms with van der Waals surface area (Å²) in [4.78, 5) is 10.5. The molecule has 3 nitrogen and oxygen atoms in total. The van der Waals surface area contributed by atoms with Crippen LogP contribution in [-0.4, -0.2) is 24.3 Å². The van der Waals surface area contributed by atoms with Gasteiger partial charge in [-0.1, -0.05) is 33.6 Å². The second-order valence-corrected chi connectivity index (χ2v) is 4.75. The lowest BCUT2D eigenvalue weighted by molar-refractivity contribution is -0.147. The predicted molar refractivity (Wildman–Crippen MR) is 56.0 cm³/mol. The van der Waals surface area contributed by atoms with Gasteiger partial charge in [0.2, 0.25) is 0 Å². The summed E-state index contributed by atoms with van der Waals surface area (Å²) in [5, 5.41) is 8.37. The topological polar surface area (TPSA) is 46.5 Å². The Morgan fingerprint density at radius 3 is 2.36 bits per heavy atom. The molecule has 0 aliphatic heterocycles. The molecule has 0 amide bonds. The molecular formula is C11H22O3. The molecule has 84 valence electrons. The van der Waals surface area contributed by atoms with Gasteiger partial charge in [0, 0.05) is 0 Å². The standard InChI is InChI=1S/C11H22O3/c1-11(2,3)7-5-4-6-8-14-10(13)9-12/h12H,4-9H2,1-3H3. The highest BCUT2D eigenvalue weighted by Crippen LogP contribution is 2.21. The van der Waals surface area contributed by atoms with Crippen molar-refractivity contribution in [1.29, 1.82) is 0 Å². The maximum absolute atomic E-state index is 10.5. The largest absolute Gasteiger partial charge is 0.464 e. The third kappa shape index (κ3) is 9.52. The normalized spacial score (nSPS) is 11.4. The Morgan fingerprint density at radius 2 is 1.86 bits per heavy atom. The maximum atomic E-state index is 10.5. The second kappa shape index (κ2) is 6.82. The smallest absolute Gasteiger partial charge is 0.331 e. The van der Waals surface area contributed by atoms with Crippen LogP contribution in [0.4, 0.5) is 0 Å². The van der Waals surface area contributed by atoms with Crippen LogP contribution in [0.1, 0.15) is 46.5 Å². The molecule has 0 aromatic heterocycles. The fourth-order valence-electron chi connectivity index (χ4n) is 1.17. The summed E-state index contributed by atoms with van der Waals surface area (Å²) in [5.41, 5.74) is 0.391. The quantitative estimate of drug-likeness (QED) is 0.530. The molecule has 0 unspecified atom stereocenters. The second-order valence-electron chi connectivity index (χ2n) is 4.75. The molecule has 0 aliphatic carbocycles. The summed E-state index contributed by atoms with van der Waals surface area (Å²) < 4.78 is 4.73. The van der Waals surface area contributed by atoms with Crippen LogP contribution >= 0.6 is 0 Å². The van der Waals surface area contributed by atoms with Crippen LogP contribution in [0, 0.1) is 5.41 Å². The molecule has 1 N–H and O–H groups in total. The average Bonchev–Trinajstić information content (AvgIpc) is 2.08. The molecular weight excluding hydrogens is 180 g/mol. The van der Waals surface area contributed by atoms with Gasteiger partial charge in [-0.25, -0.2) is 4.79 Å². The average molecular weight is 202 g/mol. The number of unbranched alkanes of at least 4 members (excludes halogenated alkanes) is 2. The van der Waals surface area contributed by atoms with E-state index in [1.165, 1.54) is 12.8 Å². The summed E-state index contributed by atoms with van der Waals surface area (Å²) >= 11 is 0. The summed E-state index contributed by atoms with van der Waals surface area (Å²) in [7, 11) is 0. The lowest BCUT2D eigenvalue weighted by Crippen LogP contribution is -2.10. The summed E-state index contributed by atoms with van der Waals surface area (Å²) in [5.74, 6) is -0.527. The van der Waals surface area contributed by atoms with Crippen LogP contribution in [0.2, 0.25) is 0 Å². The molecule has 0 bridgehead atoms. The van der Waals surface area contributed by atoms with Gasteiger partial charge in [-0.2, -0.15) is 0 Å². The Morgan fingerprint density at radius 1 is 1.21 bits per heavy atom. The third-order valence-electron chi connectivity index (χ3n) is 1.96. The van der Waals surface area contributed by atoms with Crippen molar-refractivity contribution < 1.29 is 14.6 Å². The summed E-state index contributed by atoms with van der Waals surface area (Å²) in [6.07, 6.45) is 4.33. The lowest BCUT2D eigenvalue weighted by Gasteiger charge is -2.17. The van der Waals surface area contributed by atoms with Gasteiger partial charge in [-0.05, 0) is 18.3 Å². The van der Waals surface area contributed by atoms with Gasteiger partial charge in [-0.15, -0.1) is 0 Å². The van der Waals surface area contributed by atoms with Gasteiger partial charge in [0.1, 0.15) is 6.61 Å². The van der Waals surface area contributed by atoms with E-state index in [2.05, 4.69) is 20.8 Å². The SMILES string of the molecule is CC(C)(C)CCCCCOC(=O)CO. The number of hydrogen-bond donors (Lipinski definition) is 1. The molecule has 14 heavy (non-hydrogen) atoms. The minimum absolute atomic E-state index is 0.391. The first kappa shape index (κ1) is 13.4. The first-order chi connectivity index (χ1) is 6.45. The van der Waals surface area contributed by atoms with Gasteiger partial charge in [0.05, 0.1) is 6.61 Å². The zero-order valence-electron chi connectivity index (χ0n) is 9.51. The van der Waals surface area contributed by atoms with E-state index in [9.17, 15) is 4.79 Å². The van der Waals surface area contributed by atoms with E-state index in [-0.39, 0.29) is 0 Å². The van der Waals surface area contributed by atoms with Crippen LogP contribution in [0.25, 0.3) is 0 Å². The van der Waals surface area contributed by atoms with Crippen LogP contribution in [0.3, 0.4) is 0 Å². The molecule has 0 heterocycles. The van der Waals surface area contributed by atoms with Crippen LogP contribution in [-0.2, 0) is 9.53 Å². The molecule has 3 heteroatoms. The number of aliphatic hydroxyl groups excluding tert-OH is 1. The van der Waals surface area contributed by atoms with Gasteiger partial charge >= 0.3 is 5.97 Å². The molecule has 0 saturated heterocycles. The molecule has 0 aromatic rings. The monoisotopic (exact) mass is 202 g/mol. The first-order valence-corrected chi connectivity index (χ1v) is 5.22. The Hall–Kier alpha value is -0.570. The molecule has 0 rings (SSSR count). The van der Waals surface area contributed by atoms with E-state index >= 15 is 0 Å². The molecule has 0 spiro atoms. The molecule has 0 atom stereocenters. The number of ether oxygens (including phenoxy) is 1. The molecule has 0 radical (unpaired) electrons. The lowest BCUT2D eigenvalue weighted by atomic mass is 9.89. The minimum Gasteiger partial charge on any atom is -0.464 e. The van der Waals surface area contributed by atoms with Crippen molar-refractivity contribution in [3.8, 4) is 0 Å². The summed E-state index contributed by atoms with van der Waals surface area (Å²) in [6.45, 7) is 6.59. The van der Waals surface area contributed by atoms with Gasteiger partial charge in [0.25, 0.3) is 0 Å². The zero-order chi connectivity index (χ0) is 11.0. The fourth-order valence-corrected chi connectivity index (χ4v) is 1.17. The van der Waals surface area contributed by atoms with Gasteiger partial charge < -0.3 is 9.84 Å². The Labute approximate surface area is 86.5 Å². The predicted octanol–water partition coefficient (Wildman–Crippen LogP) is 2.13. The van der Waals surface area contributed by atoms with Crippen molar-refractivity contribution in [3.63, 3.8) is 0 Å². The van der Waals surface area contributed by atoms with Crippen molar-refractivity contribution >= 4 is 5.97 Å². The van der Waals surface area contributed by atoms with Crippen LogP contribution in [0.15, 0.2) is 0 Å². The number of aliphatic hydroxyl groups is 1. The fraction of sp³-hybridized carbons (Fsp3) is 0.909. The van der Waals surface area contributed by atoms with Gasteiger partial charge in [-0.3, -0.25) is 0 Å². The Balaban J connectivity index is 3.18. The van der Waals surface area contributed by atoms with Crippen molar-refractivity contribution in [2.24, 2.45) is 5.41 Å². The third-order valence-corrected chi connectivity index (χ3v) is 1.96. The number of carbonyl (C=O) groups excluding carboxylic acids is 1. The number of hydrogen-bond acceptors (Lipinski definition) is 3. The Bertz CT molecular complexity index is 158. The first-order valence-electron chi connectivity index (χ1n) is 5.22. The molecule has 0 fully saturated rings. The van der Waals surface area contributed by atoms with Crippen molar-refractivity contribution in [2.45, 2.75) is 46.5 Å². The van der Waals surface area contributed by atoms with E-state index in [1.807, 2.05) is 0 Å². The zero-order valence-corrected chi connectivity index (χ0v) is 9.51. The highest BCUT2D eigenvalue weighted by atomic mass is 16.5. The maximum Gasteiger partial charge on any atom is 0.331 e. The van der Waals surface area contributed by atoms with Crippen LogP contribution in [0.5, 0.6) is 0 Å². The molecule has 0 saturated carbocycles. The van der Waals surface area contributed by atoms with E-state index in [0.29, 0.717) is 12.0 Å². The van der Waals surface area contributed by atoms with Crippen LogP contribution < -0.4 is 0 Å². The van der Waals surface area contributed by atoms with E-state index < -0.39 is 12.6 Å². The number of esters is 1. The van der Waals surface area contributed by atoms with Gasteiger partial charge in [0.15, 0.2) is 0 Å². The van der Waals surface area contributed by atoms with Crippen molar-refractivity contribution in [2.75, 3.05) is 13.2 Å². The van der Waals surface area contributed by atoms with Crippen molar-refractivity contribution in [3.05, 3.63) is 0 Å². The molecule has 0 aliphatic rings. The highest BCUT2D eigenvalue weighted by Gasteiger charge is 2.08.